The van der Waals surface area contributed by atoms with Crippen molar-refractivity contribution in [3.05, 3.63) is 62.6 Å². The lowest BCUT2D eigenvalue weighted by molar-refractivity contribution is -0.140. The number of halogens is 6. The number of alkyl halides is 3. The van der Waals surface area contributed by atoms with Gasteiger partial charge in [0.05, 0.1) is 22.5 Å². The van der Waals surface area contributed by atoms with Crippen LogP contribution in [0.25, 0.3) is 0 Å². The third kappa shape index (κ3) is 8.89. The standard InChI is InChI=1S/C25H29Cl3F3N3O4S/c1-4-6-12-32-24(36)21(5-2)33(14-17-18(26)8-7-9-19(17)27)23(35)15-34(39(3,37)38)22-13-16(25(29,30)31)10-11-20(22)28/h7-11,13,21H,4-6,12,14-15H2,1-3H3,(H,32,36). The number of carbonyl (C=O) groups excluding carboxylic acids is 2. The Balaban J connectivity index is 2.57. The molecule has 2 aromatic carbocycles. The number of nitrogens with one attached hydrogen (secondary N) is 1. The van der Waals surface area contributed by atoms with Crippen molar-refractivity contribution in [1.29, 1.82) is 0 Å². The summed E-state index contributed by atoms with van der Waals surface area (Å²) in [5.74, 6) is -1.35. The molecule has 1 atom stereocenters. The first-order chi connectivity index (χ1) is 18.1. The minimum absolute atomic E-state index is 0.148. The maximum Gasteiger partial charge on any atom is 0.416 e. The summed E-state index contributed by atoms with van der Waals surface area (Å²) in [6.45, 7) is 2.77. The summed E-state index contributed by atoms with van der Waals surface area (Å²) in [5.41, 5.74) is -1.36. The van der Waals surface area contributed by atoms with Gasteiger partial charge >= 0.3 is 6.18 Å². The number of sulfonamides is 1. The quantitative estimate of drug-likeness (QED) is 0.285. The SMILES string of the molecule is CCCCNC(=O)C(CC)N(Cc1c(Cl)cccc1Cl)C(=O)CN(c1cc(C(F)(F)F)ccc1Cl)S(C)(=O)=O. The molecule has 0 saturated carbocycles. The Morgan fingerprint density at radius 1 is 1.03 bits per heavy atom. The summed E-state index contributed by atoms with van der Waals surface area (Å²) in [6.07, 6.45) is -2.39. The molecule has 0 aliphatic carbocycles. The van der Waals surface area contributed by atoms with Crippen molar-refractivity contribution in [2.75, 3.05) is 23.7 Å². The van der Waals surface area contributed by atoms with E-state index in [-0.39, 0.29) is 28.0 Å². The van der Waals surface area contributed by atoms with Crippen LogP contribution in [0.1, 0.15) is 44.2 Å². The minimum Gasteiger partial charge on any atom is -0.354 e. The zero-order valence-electron chi connectivity index (χ0n) is 21.5. The molecule has 1 unspecified atom stereocenters. The number of hydrogen-bond donors (Lipinski definition) is 1. The van der Waals surface area contributed by atoms with Gasteiger partial charge in [0, 0.05) is 28.7 Å². The van der Waals surface area contributed by atoms with Crippen molar-refractivity contribution in [1.82, 2.24) is 10.2 Å². The molecular weight excluding hydrogens is 602 g/mol. The van der Waals surface area contributed by atoms with Crippen LogP contribution >= 0.6 is 34.8 Å². The number of nitrogens with zero attached hydrogens (tertiary/aromatic N) is 2. The molecule has 2 amide bonds. The molecule has 0 aliphatic rings. The predicted octanol–water partition coefficient (Wildman–Crippen LogP) is 6.16. The first-order valence-corrected chi connectivity index (χ1v) is 14.9. The van der Waals surface area contributed by atoms with E-state index in [1.807, 2.05) is 6.92 Å². The summed E-state index contributed by atoms with van der Waals surface area (Å²) in [5, 5.41) is 2.86. The van der Waals surface area contributed by atoms with Crippen LogP contribution in [0.3, 0.4) is 0 Å². The second kappa shape index (κ2) is 13.9. The van der Waals surface area contributed by atoms with E-state index in [0.717, 1.165) is 23.6 Å². The number of amides is 2. The number of hydrogen-bond acceptors (Lipinski definition) is 4. The van der Waals surface area contributed by atoms with E-state index in [0.29, 0.717) is 35.0 Å². The zero-order chi connectivity index (χ0) is 29.5. The highest BCUT2D eigenvalue weighted by Gasteiger charge is 2.35. The molecular formula is C25H29Cl3F3N3O4S. The molecule has 0 aliphatic heterocycles. The van der Waals surface area contributed by atoms with E-state index >= 15 is 0 Å². The molecule has 39 heavy (non-hydrogen) atoms. The fraction of sp³-hybridized carbons (Fsp3) is 0.440. The first-order valence-electron chi connectivity index (χ1n) is 12.0. The average Bonchev–Trinajstić information content (AvgIpc) is 2.83. The van der Waals surface area contributed by atoms with Gasteiger partial charge in [0.25, 0.3) is 0 Å². The number of rotatable bonds is 12. The second-order valence-corrected chi connectivity index (χ2v) is 11.9. The maximum absolute atomic E-state index is 13.7. The predicted molar refractivity (Wildman–Crippen MR) is 148 cm³/mol. The molecule has 0 radical (unpaired) electrons. The summed E-state index contributed by atoms with van der Waals surface area (Å²) in [7, 11) is -4.31. The van der Waals surface area contributed by atoms with Gasteiger partial charge in [-0.3, -0.25) is 13.9 Å². The van der Waals surface area contributed by atoms with Crippen molar-refractivity contribution in [2.45, 2.75) is 51.9 Å². The van der Waals surface area contributed by atoms with Gasteiger partial charge in [0.15, 0.2) is 0 Å². The topological polar surface area (TPSA) is 86.8 Å². The van der Waals surface area contributed by atoms with Crippen LogP contribution in [0.5, 0.6) is 0 Å². The zero-order valence-corrected chi connectivity index (χ0v) is 24.6. The fourth-order valence-corrected chi connectivity index (χ4v) is 5.39. The molecule has 0 heterocycles. The van der Waals surface area contributed by atoms with Gasteiger partial charge in [0.2, 0.25) is 21.8 Å². The molecule has 0 spiro atoms. The Kier molecular flexibility index (Phi) is 11.8. The van der Waals surface area contributed by atoms with E-state index in [2.05, 4.69) is 5.32 Å². The Morgan fingerprint density at radius 2 is 1.64 bits per heavy atom. The second-order valence-electron chi connectivity index (χ2n) is 8.72. The highest BCUT2D eigenvalue weighted by atomic mass is 35.5. The molecule has 2 rings (SSSR count). The van der Waals surface area contributed by atoms with Gasteiger partial charge in [-0.05, 0) is 43.2 Å². The van der Waals surface area contributed by atoms with Crippen LogP contribution in [-0.2, 0) is 32.3 Å². The molecule has 0 aromatic heterocycles. The molecule has 1 N–H and O–H groups in total. The normalized spacial score (nSPS) is 12.6. The summed E-state index contributed by atoms with van der Waals surface area (Å²) < 4.78 is 66.0. The fourth-order valence-electron chi connectivity index (χ4n) is 3.75. The number of benzene rings is 2. The molecule has 7 nitrogen and oxygen atoms in total. The van der Waals surface area contributed by atoms with Gasteiger partial charge in [-0.15, -0.1) is 0 Å². The Morgan fingerprint density at radius 3 is 2.15 bits per heavy atom. The smallest absolute Gasteiger partial charge is 0.354 e. The summed E-state index contributed by atoms with van der Waals surface area (Å²) in [6, 6.07) is 5.78. The molecule has 2 aromatic rings. The van der Waals surface area contributed by atoms with Crippen LogP contribution < -0.4 is 9.62 Å². The Hall–Kier alpha value is -2.21. The molecule has 14 heteroatoms. The third-order valence-corrected chi connectivity index (χ3v) is 7.98. The van der Waals surface area contributed by atoms with Crippen molar-refractivity contribution < 1.29 is 31.2 Å². The summed E-state index contributed by atoms with van der Waals surface area (Å²) in [4.78, 5) is 27.9. The van der Waals surface area contributed by atoms with Gasteiger partial charge < -0.3 is 10.2 Å². The largest absolute Gasteiger partial charge is 0.416 e. The Bertz CT molecular complexity index is 1270. The van der Waals surface area contributed by atoms with E-state index in [4.69, 9.17) is 34.8 Å². The van der Waals surface area contributed by atoms with Crippen LogP contribution in [0.4, 0.5) is 18.9 Å². The summed E-state index contributed by atoms with van der Waals surface area (Å²) >= 11 is 18.7. The van der Waals surface area contributed by atoms with Crippen molar-refractivity contribution in [3.63, 3.8) is 0 Å². The molecule has 216 valence electrons. The molecule has 0 fully saturated rings. The number of unbranched alkanes of at least 4 members (excludes halogenated alkanes) is 1. The van der Waals surface area contributed by atoms with Gasteiger partial charge in [-0.25, -0.2) is 8.42 Å². The van der Waals surface area contributed by atoms with Crippen molar-refractivity contribution >= 4 is 62.3 Å². The van der Waals surface area contributed by atoms with Crippen LogP contribution in [0.15, 0.2) is 36.4 Å². The van der Waals surface area contributed by atoms with Gasteiger partial charge in [-0.1, -0.05) is 61.1 Å². The van der Waals surface area contributed by atoms with Crippen LogP contribution in [0.2, 0.25) is 15.1 Å². The monoisotopic (exact) mass is 629 g/mol. The third-order valence-electron chi connectivity index (χ3n) is 5.83. The highest BCUT2D eigenvalue weighted by molar-refractivity contribution is 7.92. The van der Waals surface area contributed by atoms with E-state index in [9.17, 15) is 31.2 Å². The van der Waals surface area contributed by atoms with Crippen LogP contribution in [-0.4, -0.2) is 50.5 Å². The first kappa shape index (κ1) is 33.0. The van der Waals surface area contributed by atoms with Gasteiger partial charge in [-0.2, -0.15) is 13.2 Å². The molecule has 0 bridgehead atoms. The van der Waals surface area contributed by atoms with E-state index < -0.39 is 51.9 Å². The lowest BCUT2D eigenvalue weighted by Crippen LogP contribution is -2.52. The van der Waals surface area contributed by atoms with Crippen molar-refractivity contribution in [2.24, 2.45) is 0 Å². The number of anilines is 1. The maximum atomic E-state index is 13.7. The number of carbonyl (C=O) groups is 2. The minimum atomic E-state index is -4.79. The lowest BCUT2D eigenvalue weighted by Gasteiger charge is -2.33. The highest BCUT2D eigenvalue weighted by Crippen LogP contribution is 2.36. The van der Waals surface area contributed by atoms with Gasteiger partial charge in [0.1, 0.15) is 12.6 Å². The Labute approximate surface area is 241 Å². The average molecular weight is 631 g/mol. The molecule has 0 saturated heterocycles. The van der Waals surface area contributed by atoms with Crippen LogP contribution in [0, 0.1) is 0 Å². The van der Waals surface area contributed by atoms with E-state index in [1.165, 1.54) is 0 Å². The van der Waals surface area contributed by atoms with E-state index in [1.54, 1.807) is 25.1 Å². The van der Waals surface area contributed by atoms with Crippen molar-refractivity contribution in [3.8, 4) is 0 Å². The lowest BCUT2D eigenvalue weighted by atomic mass is 10.1.